The van der Waals surface area contributed by atoms with Crippen LogP contribution in [0.5, 0.6) is 5.75 Å². The van der Waals surface area contributed by atoms with Crippen LogP contribution in [-0.4, -0.2) is 69.2 Å². The Kier molecular flexibility index (Phi) is 5.10. The molecule has 0 aliphatic carbocycles. The molecule has 1 aromatic rings. The lowest BCUT2D eigenvalue weighted by molar-refractivity contribution is -0.277. The molecule has 5 N–H and O–H groups in total. The normalized spacial score (nSPS) is 33.2. The average Bonchev–Trinajstić information content (AvgIpc) is 2.50. The van der Waals surface area contributed by atoms with Crippen molar-refractivity contribution in [2.75, 3.05) is 6.61 Å². The molecule has 1 saturated heterocycles. The molecule has 5 atom stereocenters. The van der Waals surface area contributed by atoms with E-state index >= 15 is 0 Å². The number of benzene rings is 1. The standard InChI is InChI=1S/C13H17NO7/c15-6-9-10(16)11(17)12(18)13(21-9)20-8-3-1-7(2-4-8)5-14-19/h1-5,9-13,15-19H,6H2/b14-5-/t9-,10-,11-,12-,13-/m1/s1. The van der Waals surface area contributed by atoms with E-state index in [4.69, 9.17) is 19.8 Å². The minimum atomic E-state index is -1.48. The number of ether oxygens (including phenoxy) is 2. The van der Waals surface area contributed by atoms with Gasteiger partial charge in [-0.05, 0) is 29.8 Å². The van der Waals surface area contributed by atoms with E-state index in [1.54, 1.807) is 24.3 Å². The second-order valence-corrected chi connectivity index (χ2v) is 4.63. The van der Waals surface area contributed by atoms with E-state index in [-0.39, 0.29) is 0 Å². The van der Waals surface area contributed by atoms with Crippen molar-refractivity contribution in [3.05, 3.63) is 29.8 Å². The fraction of sp³-hybridized carbons (Fsp3) is 0.462. The summed E-state index contributed by atoms with van der Waals surface area (Å²) in [7, 11) is 0. The van der Waals surface area contributed by atoms with Gasteiger partial charge in [0, 0.05) is 0 Å². The first-order chi connectivity index (χ1) is 10.1. The van der Waals surface area contributed by atoms with Crippen LogP contribution in [0.2, 0.25) is 0 Å². The van der Waals surface area contributed by atoms with Gasteiger partial charge in [0.1, 0.15) is 30.2 Å². The zero-order valence-electron chi connectivity index (χ0n) is 11.0. The van der Waals surface area contributed by atoms with Crippen LogP contribution in [0.3, 0.4) is 0 Å². The first kappa shape index (κ1) is 15.7. The van der Waals surface area contributed by atoms with Gasteiger partial charge in [-0.1, -0.05) is 5.16 Å². The number of aliphatic hydroxyl groups excluding tert-OH is 4. The SMILES string of the molecule is OC[C@H]1O[C@@H](Oc2ccc(/C=N\O)cc2)[C@H](O)[C@H](O)[C@@H]1O. The fourth-order valence-corrected chi connectivity index (χ4v) is 2.00. The quantitative estimate of drug-likeness (QED) is 0.264. The summed E-state index contributed by atoms with van der Waals surface area (Å²) in [6.07, 6.45) is -5.37. The van der Waals surface area contributed by atoms with Crippen molar-refractivity contribution in [2.45, 2.75) is 30.7 Å². The highest BCUT2D eigenvalue weighted by atomic mass is 16.7. The van der Waals surface area contributed by atoms with Crippen LogP contribution in [0.1, 0.15) is 5.56 Å². The first-order valence-corrected chi connectivity index (χ1v) is 6.31. The summed E-state index contributed by atoms with van der Waals surface area (Å²) in [6, 6.07) is 6.33. The zero-order chi connectivity index (χ0) is 15.4. The number of rotatable bonds is 4. The molecule has 0 aromatic heterocycles. The third-order valence-electron chi connectivity index (χ3n) is 3.19. The average molecular weight is 299 g/mol. The molecular formula is C13H17NO7. The third kappa shape index (κ3) is 3.49. The topological polar surface area (TPSA) is 132 Å². The maximum atomic E-state index is 9.83. The maximum Gasteiger partial charge on any atom is 0.229 e. The Morgan fingerprint density at radius 2 is 1.76 bits per heavy atom. The molecule has 8 nitrogen and oxygen atoms in total. The van der Waals surface area contributed by atoms with Crippen LogP contribution in [0.15, 0.2) is 29.4 Å². The van der Waals surface area contributed by atoms with Crippen molar-refractivity contribution in [3.8, 4) is 5.75 Å². The van der Waals surface area contributed by atoms with E-state index in [2.05, 4.69) is 5.16 Å². The highest BCUT2D eigenvalue weighted by Gasteiger charge is 2.44. The highest BCUT2D eigenvalue weighted by Crippen LogP contribution is 2.24. The molecule has 21 heavy (non-hydrogen) atoms. The molecular weight excluding hydrogens is 282 g/mol. The van der Waals surface area contributed by atoms with Crippen molar-refractivity contribution in [3.63, 3.8) is 0 Å². The number of nitrogens with zero attached hydrogens (tertiary/aromatic N) is 1. The molecule has 116 valence electrons. The fourth-order valence-electron chi connectivity index (χ4n) is 2.00. The summed E-state index contributed by atoms with van der Waals surface area (Å²) >= 11 is 0. The molecule has 1 heterocycles. The van der Waals surface area contributed by atoms with Gasteiger partial charge in [-0.2, -0.15) is 0 Å². The molecule has 8 heteroatoms. The molecule has 1 aromatic carbocycles. The number of hydrogen-bond acceptors (Lipinski definition) is 8. The van der Waals surface area contributed by atoms with Gasteiger partial charge in [0.25, 0.3) is 0 Å². The van der Waals surface area contributed by atoms with Gasteiger partial charge in [0.15, 0.2) is 0 Å². The van der Waals surface area contributed by atoms with Gasteiger partial charge in [0.05, 0.1) is 12.8 Å². The monoisotopic (exact) mass is 299 g/mol. The van der Waals surface area contributed by atoms with Crippen molar-refractivity contribution >= 4 is 6.21 Å². The number of oxime groups is 1. The van der Waals surface area contributed by atoms with Crippen molar-refractivity contribution in [2.24, 2.45) is 5.16 Å². The second kappa shape index (κ2) is 6.83. The Labute approximate surface area is 120 Å². The summed E-state index contributed by atoms with van der Waals surface area (Å²) in [4.78, 5) is 0. The van der Waals surface area contributed by atoms with Crippen LogP contribution in [0.25, 0.3) is 0 Å². The first-order valence-electron chi connectivity index (χ1n) is 6.31. The van der Waals surface area contributed by atoms with E-state index in [0.717, 1.165) is 0 Å². The molecule has 0 amide bonds. The molecule has 0 bridgehead atoms. The van der Waals surface area contributed by atoms with E-state index in [1.807, 2.05) is 0 Å². The molecule has 0 radical (unpaired) electrons. The summed E-state index contributed by atoms with van der Waals surface area (Å²) in [5.74, 6) is 0.342. The molecule has 1 aliphatic heterocycles. The highest BCUT2D eigenvalue weighted by molar-refractivity contribution is 5.79. The van der Waals surface area contributed by atoms with Gasteiger partial charge >= 0.3 is 0 Å². The Morgan fingerprint density at radius 3 is 2.33 bits per heavy atom. The Hall–Kier alpha value is -1.71. The Bertz CT molecular complexity index is 476. The van der Waals surface area contributed by atoms with Gasteiger partial charge in [-0.15, -0.1) is 0 Å². The molecule has 1 fully saturated rings. The lowest BCUT2D eigenvalue weighted by Crippen LogP contribution is -2.60. The van der Waals surface area contributed by atoms with Gasteiger partial charge in [0.2, 0.25) is 6.29 Å². The molecule has 0 unspecified atom stereocenters. The number of hydrogen-bond donors (Lipinski definition) is 5. The van der Waals surface area contributed by atoms with Crippen LogP contribution >= 0.6 is 0 Å². The summed E-state index contributed by atoms with van der Waals surface area (Å²) in [5.41, 5.74) is 0.638. The van der Waals surface area contributed by atoms with Crippen molar-refractivity contribution < 1.29 is 35.1 Å². The smallest absolute Gasteiger partial charge is 0.229 e. The molecule has 0 spiro atoms. The predicted molar refractivity (Wildman–Crippen MR) is 70.2 cm³/mol. The van der Waals surface area contributed by atoms with Gasteiger partial charge in [-0.25, -0.2) is 0 Å². The number of aliphatic hydroxyl groups is 4. The van der Waals surface area contributed by atoms with E-state index in [9.17, 15) is 15.3 Å². The summed E-state index contributed by atoms with van der Waals surface area (Å²) < 4.78 is 10.6. The van der Waals surface area contributed by atoms with Crippen LogP contribution in [0, 0.1) is 0 Å². The second-order valence-electron chi connectivity index (χ2n) is 4.63. The van der Waals surface area contributed by atoms with Crippen LogP contribution < -0.4 is 4.74 Å². The van der Waals surface area contributed by atoms with Gasteiger partial charge < -0.3 is 35.1 Å². The van der Waals surface area contributed by atoms with Crippen molar-refractivity contribution in [1.29, 1.82) is 0 Å². The lowest BCUT2D eigenvalue weighted by atomic mass is 9.99. The largest absolute Gasteiger partial charge is 0.462 e. The lowest BCUT2D eigenvalue weighted by Gasteiger charge is -2.39. The molecule has 0 saturated carbocycles. The summed E-state index contributed by atoms with van der Waals surface area (Å²) in [6.45, 7) is -0.517. The van der Waals surface area contributed by atoms with E-state index in [0.29, 0.717) is 11.3 Å². The third-order valence-corrected chi connectivity index (χ3v) is 3.19. The minimum absolute atomic E-state index is 0.342. The minimum Gasteiger partial charge on any atom is -0.462 e. The Balaban J connectivity index is 2.07. The Morgan fingerprint density at radius 1 is 1.10 bits per heavy atom. The van der Waals surface area contributed by atoms with Gasteiger partial charge in [-0.3, -0.25) is 0 Å². The van der Waals surface area contributed by atoms with Crippen LogP contribution in [-0.2, 0) is 4.74 Å². The maximum absolute atomic E-state index is 9.83. The summed E-state index contributed by atoms with van der Waals surface area (Å²) in [5, 5.41) is 49.5. The predicted octanol–water partition coefficient (Wildman–Crippen LogP) is -1.33. The molecule has 1 aliphatic rings. The van der Waals surface area contributed by atoms with E-state index < -0.39 is 37.3 Å². The molecule has 2 rings (SSSR count). The van der Waals surface area contributed by atoms with Crippen molar-refractivity contribution in [1.82, 2.24) is 0 Å². The van der Waals surface area contributed by atoms with E-state index in [1.165, 1.54) is 6.21 Å². The zero-order valence-corrected chi connectivity index (χ0v) is 11.0. The van der Waals surface area contributed by atoms with Crippen LogP contribution in [0.4, 0.5) is 0 Å².